The highest BCUT2D eigenvalue weighted by atomic mass is 35.5. The van der Waals surface area contributed by atoms with E-state index in [4.69, 9.17) is 27.6 Å². The normalized spacial score (nSPS) is 12.5. The molecule has 19 heavy (non-hydrogen) atoms. The summed E-state index contributed by atoms with van der Waals surface area (Å²) < 4.78 is 5.55. The molecule has 1 aromatic heterocycles. The fourth-order valence-electron chi connectivity index (χ4n) is 2.15. The van der Waals surface area contributed by atoms with Gasteiger partial charge < -0.3 is 9.73 Å². The summed E-state index contributed by atoms with van der Waals surface area (Å²) >= 11 is 12.4. The van der Waals surface area contributed by atoms with Crippen LogP contribution in [0.3, 0.4) is 0 Å². The first kappa shape index (κ1) is 14.3. The van der Waals surface area contributed by atoms with E-state index in [1.807, 2.05) is 39.0 Å². The summed E-state index contributed by atoms with van der Waals surface area (Å²) in [6.07, 6.45) is 0. The van der Waals surface area contributed by atoms with Gasteiger partial charge in [0.05, 0.1) is 16.8 Å². The predicted molar refractivity (Wildman–Crippen MR) is 81.4 cm³/mol. The third kappa shape index (κ3) is 3.07. The SMILES string of the molecule is Cc1cc(C(C)Nc2cc(Cl)c(C)cc2Cl)c(C)o1. The molecule has 102 valence electrons. The number of rotatable bonds is 3. The van der Waals surface area contributed by atoms with Crippen LogP contribution in [0.1, 0.15) is 35.6 Å². The van der Waals surface area contributed by atoms with E-state index in [9.17, 15) is 0 Å². The summed E-state index contributed by atoms with van der Waals surface area (Å²) in [4.78, 5) is 0. The lowest BCUT2D eigenvalue weighted by Gasteiger charge is -2.16. The van der Waals surface area contributed by atoms with Gasteiger partial charge in [-0.3, -0.25) is 0 Å². The molecule has 0 fully saturated rings. The Bertz CT molecular complexity index is 604. The molecule has 0 aliphatic carbocycles. The highest BCUT2D eigenvalue weighted by molar-refractivity contribution is 6.35. The Morgan fingerprint density at radius 2 is 1.74 bits per heavy atom. The minimum atomic E-state index is 0.105. The molecule has 2 aromatic rings. The van der Waals surface area contributed by atoms with E-state index in [1.54, 1.807) is 0 Å². The number of benzene rings is 1. The molecule has 4 heteroatoms. The average Bonchev–Trinajstić information content (AvgIpc) is 2.65. The Morgan fingerprint density at radius 1 is 1.05 bits per heavy atom. The summed E-state index contributed by atoms with van der Waals surface area (Å²) in [7, 11) is 0. The lowest BCUT2D eigenvalue weighted by molar-refractivity contribution is 0.500. The highest BCUT2D eigenvalue weighted by Gasteiger charge is 2.14. The van der Waals surface area contributed by atoms with Gasteiger partial charge in [-0.25, -0.2) is 0 Å². The van der Waals surface area contributed by atoms with Gasteiger partial charge in [-0.15, -0.1) is 0 Å². The van der Waals surface area contributed by atoms with Crippen molar-refractivity contribution in [1.82, 2.24) is 0 Å². The number of furan rings is 1. The van der Waals surface area contributed by atoms with Crippen LogP contribution in [0.2, 0.25) is 10.0 Å². The fourth-order valence-corrected chi connectivity index (χ4v) is 2.58. The molecular formula is C15H17Cl2NO. The van der Waals surface area contributed by atoms with Gasteiger partial charge in [0.25, 0.3) is 0 Å². The Hall–Kier alpha value is -1.12. The maximum atomic E-state index is 6.23. The Morgan fingerprint density at radius 3 is 2.32 bits per heavy atom. The zero-order valence-electron chi connectivity index (χ0n) is 11.5. The predicted octanol–water partition coefficient (Wildman–Crippen LogP) is 5.68. The second kappa shape index (κ2) is 5.48. The quantitative estimate of drug-likeness (QED) is 0.788. The Labute approximate surface area is 123 Å². The highest BCUT2D eigenvalue weighted by Crippen LogP contribution is 2.32. The molecule has 0 aliphatic heterocycles. The van der Waals surface area contributed by atoms with Crippen LogP contribution in [-0.4, -0.2) is 0 Å². The van der Waals surface area contributed by atoms with Crippen LogP contribution in [0.4, 0.5) is 5.69 Å². The fraction of sp³-hybridized carbons (Fsp3) is 0.333. The van der Waals surface area contributed by atoms with Gasteiger partial charge in [0.15, 0.2) is 0 Å². The van der Waals surface area contributed by atoms with Crippen molar-refractivity contribution in [3.63, 3.8) is 0 Å². The summed E-state index contributed by atoms with van der Waals surface area (Å²) in [5, 5.41) is 4.75. The van der Waals surface area contributed by atoms with E-state index in [-0.39, 0.29) is 6.04 Å². The minimum absolute atomic E-state index is 0.105. The van der Waals surface area contributed by atoms with Crippen LogP contribution < -0.4 is 5.32 Å². The molecule has 2 nitrogen and oxygen atoms in total. The molecule has 0 bridgehead atoms. The van der Waals surface area contributed by atoms with Crippen molar-refractivity contribution < 1.29 is 4.42 Å². The minimum Gasteiger partial charge on any atom is -0.466 e. The van der Waals surface area contributed by atoms with Crippen molar-refractivity contribution >= 4 is 28.9 Å². The van der Waals surface area contributed by atoms with Crippen molar-refractivity contribution in [3.8, 4) is 0 Å². The van der Waals surface area contributed by atoms with E-state index in [0.29, 0.717) is 10.0 Å². The lowest BCUT2D eigenvalue weighted by Crippen LogP contribution is -2.07. The molecule has 1 unspecified atom stereocenters. The number of hydrogen-bond acceptors (Lipinski definition) is 2. The first-order valence-corrected chi connectivity index (χ1v) is 6.93. The van der Waals surface area contributed by atoms with Crippen LogP contribution in [0, 0.1) is 20.8 Å². The monoisotopic (exact) mass is 297 g/mol. The van der Waals surface area contributed by atoms with E-state index < -0.39 is 0 Å². The molecule has 0 aliphatic rings. The van der Waals surface area contributed by atoms with Crippen molar-refractivity contribution in [2.24, 2.45) is 0 Å². The van der Waals surface area contributed by atoms with Crippen LogP contribution in [0.15, 0.2) is 22.6 Å². The molecule has 1 N–H and O–H groups in total. The molecule has 0 saturated carbocycles. The largest absolute Gasteiger partial charge is 0.466 e. The molecule has 0 spiro atoms. The average molecular weight is 298 g/mol. The van der Waals surface area contributed by atoms with Gasteiger partial charge in [-0.05, 0) is 51.5 Å². The number of anilines is 1. The molecule has 1 aromatic carbocycles. The second-order valence-corrected chi connectivity index (χ2v) is 5.63. The Balaban J connectivity index is 2.26. The Kier molecular flexibility index (Phi) is 4.12. The number of aryl methyl sites for hydroxylation is 3. The lowest BCUT2D eigenvalue weighted by atomic mass is 10.1. The van der Waals surface area contributed by atoms with Gasteiger partial charge in [0.2, 0.25) is 0 Å². The summed E-state index contributed by atoms with van der Waals surface area (Å²) in [6.45, 7) is 7.91. The van der Waals surface area contributed by atoms with Gasteiger partial charge >= 0.3 is 0 Å². The van der Waals surface area contributed by atoms with Gasteiger partial charge in [0.1, 0.15) is 11.5 Å². The van der Waals surface area contributed by atoms with Crippen molar-refractivity contribution in [2.45, 2.75) is 33.7 Å². The van der Waals surface area contributed by atoms with E-state index in [2.05, 4.69) is 12.2 Å². The van der Waals surface area contributed by atoms with Crippen LogP contribution in [-0.2, 0) is 0 Å². The third-order valence-electron chi connectivity index (χ3n) is 3.17. The van der Waals surface area contributed by atoms with E-state index in [1.165, 1.54) is 0 Å². The summed E-state index contributed by atoms with van der Waals surface area (Å²) in [6, 6.07) is 5.87. The molecule has 1 atom stereocenters. The molecular weight excluding hydrogens is 281 g/mol. The standard InChI is InChI=1S/C15H17Cl2NO/c1-8-5-14(17)15(7-13(8)16)18-10(3)12-6-9(2)19-11(12)4/h5-7,10,18H,1-4H3. The van der Waals surface area contributed by atoms with Crippen molar-refractivity contribution in [1.29, 1.82) is 0 Å². The van der Waals surface area contributed by atoms with Gasteiger partial charge in [0, 0.05) is 10.6 Å². The molecule has 2 rings (SSSR count). The molecule has 1 heterocycles. The topological polar surface area (TPSA) is 25.2 Å². The number of nitrogens with one attached hydrogen (secondary N) is 1. The van der Waals surface area contributed by atoms with Crippen LogP contribution >= 0.6 is 23.2 Å². The maximum absolute atomic E-state index is 6.23. The molecule has 0 amide bonds. The third-order valence-corrected chi connectivity index (χ3v) is 3.89. The van der Waals surface area contributed by atoms with Gasteiger partial charge in [-0.2, -0.15) is 0 Å². The summed E-state index contributed by atoms with van der Waals surface area (Å²) in [5.41, 5.74) is 2.94. The van der Waals surface area contributed by atoms with E-state index >= 15 is 0 Å². The first-order valence-electron chi connectivity index (χ1n) is 6.17. The van der Waals surface area contributed by atoms with Crippen molar-refractivity contribution in [2.75, 3.05) is 5.32 Å². The summed E-state index contributed by atoms with van der Waals surface area (Å²) in [5.74, 6) is 1.83. The zero-order chi connectivity index (χ0) is 14.2. The zero-order valence-corrected chi connectivity index (χ0v) is 13.0. The van der Waals surface area contributed by atoms with E-state index in [0.717, 1.165) is 28.3 Å². The molecule has 0 saturated heterocycles. The maximum Gasteiger partial charge on any atom is 0.106 e. The van der Waals surface area contributed by atoms with Crippen LogP contribution in [0.5, 0.6) is 0 Å². The van der Waals surface area contributed by atoms with Gasteiger partial charge in [-0.1, -0.05) is 23.2 Å². The first-order chi connectivity index (χ1) is 8.88. The molecule has 0 radical (unpaired) electrons. The second-order valence-electron chi connectivity index (χ2n) is 4.82. The van der Waals surface area contributed by atoms with Crippen LogP contribution in [0.25, 0.3) is 0 Å². The number of halogens is 2. The van der Waals surface area contributed by atoms with Crippen molar-refractivity contribution in [3.05, 3.63) is 50.9 Å². The number of hydrogen-bond donors (Lipinski definition) is 1. The smallest absolute Gasteiger partial charge is 0.106 e.